The predicted molar refractivity (Wildman–Crippen MR) is 84.8 cm³/mol. The van der Waals surface area contributed by atoms with Crippen LogP contribution in [0.15, 0.2) is 48.1 Å². The van der Waals surface area contributed by atoms with E-state index in [9.17, 15) is 4.79 Å². The van der Waals surface area contributed by atoms with Gasteiger partial charge in [0, 0.05) is 17.8 Å². The van der Waals surface area contributed by atoms with Gasteiger partial charge in [-0.15, -0.1) is 0 Å². The highest BCUT2D eigenvalue weighted by atomic mass is 16.1. The molecule has 2 heterocycles. The number of aromatic nitrogens is 1. The summed E-state index contributed by atoms with van der Waals surface area (Å²) in [4.78, 5) is 16.7. The zero-order valence-electron chi connectivity index (χ0n) is 12.3. The molecule has 0 bridgehead atoms. The average molecular weight is 278 g/mol. The summed E-state index contributed by atoms with van der Waals surface area (Å²) >= 11 is 0. The highest BCUT2D eigenvalue weighted by Gasteiger charge is 2.25. The quantitative estimate of drug-likeness (QED) is 0.854. The van der Waals surface area contributed by atoms with E-state index < -0.39 is 0 Å². The first-order valence-corrected chi connectivity index (χ1v) is 7.18. The molecule has 1 N–H and O–H groups in total. The van der Waals surface area contributed by atoms with Crippen molar-refractivity contribution in [1.29, 1.82) is 0 Å². The number of rotatable bonds is 1. The molecule has 1 aliphatic carbocycles. The Kier molecular flexibility index (Phi) is 3.57. The molecular weight excluding hydrogens is 260 g/mol. The minimum Gasteiger partial charge on any atom is -0.348 e. The maximum Gasteiger partial charge on any atom is 0.254 e. The van der Waals surface area contributed by atoms with Crippen LogP contribution in [-0.2, 0) is 6.54 Å². The van der Waals surface area contributed by atoms with Crippen LogP contribution in [0.2, 0.25) is 0 Å². The molecule has 0 radical (unpaired) electrons. The van der Waals surface area contributed by atoms with Gasteiger partial charge >= 0.3 is 0 Å². The van der Waals surface area contributed by atoms with Gasteiger partial charge in [0.05, 0.1) is 11.3 Å². The Hall–Kier alpha value is -2.42. The molecule has 21 heavy (non-hydrogen) atoms. The third kappa shape index (κ3) is 2.59. The van der Waals surface area contributed by atoms with Gasteiger partial charge < -0.3 is 5.32 Å². The van der Waals surface area contributed by atoms with Crippen LogP contribution in [-0.4, -0.2) is 10.9 Å². The van der Waals surface area contributed by atoms with Crippen LogP contribution in [0.5, 0.6) is 0 Å². The first-order valence-electron chi connectivity index (χ1n) is 7.18. The smallest absolute Gasteiger partial charge is 0.254 e. The Morgan fingerprint density at radius 2 is 2.19 bits per heavy atom. The Balaban J connectivity index is 2.11. The van der Waals surface area contributed by atoms with Crippen molar-refractivity contribution in [3.8, 4) is 0 Å². The van der Waals surface area contributed by atoms with Crippen LogP contribution >= 0.6 is 0 Å². The molecule has 106 valence electrons. The van der Waals surface area contributed by atoms with E-state index >= 15 is 0 Å². The van der Waals surface area contributed by atoms with Gasteiger partial charge in [-0.25, -0.2) is 0 Å². The van der Waals surface area contributed by atoms with E-state index in [1.54, 1.807) is 0 Å². The number of hydrogen-bond donors (Lipinski definition) is 1. The van der Waals surface area contributed by atoms with Crippen molar-refractivity contribution in [2.45, 2.75) is 26.8 Å². The molecule has 0 spiro atoms. The molecule has 3 nitrogen and oxygen atoms in total. The first kappa shape index (κ1) is 13.6. The number of hydrogen-bond acceptors (Lipinski definition) is 2. The second kappa shape index (κ2) is 5.52. The lowest BCUT2D eigenvalue weighted by molar-refractivity contribution is 0.0965. The fourth-order valence-corrected chi connectivity index (χ4v) is 2.70. The molecule has 0 fully saturated rings. The van der Waals surface area contributed by atoms with E-state index in [2.05, 4.69) is 34.6 Å². The standard InChI is InChI=1S/C18H18N2O/c1-3-13-6-4-8-14(9-5-7-13)17-16-15(10-12(2)20-17)11-19-18(16)21/h3-6,8-10H,7,11H2,1-2H3,(H,19,21)/b6-4?,9-5?,13-3-,14-8?. The Bertz CT molecular complexity index is 721. The van der Waals surface area contributed by atoms with Gasteiger partial charge in [-0.05, 0) is 37.5 Å². The Morgan fingerprint density at radius 1 is 1.33 bits per heavy atom. The summed E-state index contributed by atoms with van der Waals surface area (Å²) in [5.74, 6) is -0.0259. The van der Waals surface area contributed by atoms with Gasteiger partial charge in [0.15, 0.2) is 0 Å². The van der Waals surface area contributed by atoms with E-state index in [-0.39, 0.29) is 5.91 Å². The number of nitrogens with one attached hydrogen (secondary N) is 1. The van der Waals surface area contributed by atoms with Crippen LogP contribution in [0.4, 0.5) is 0 Å². The van der Waals surface area contributed by atoms with Crippen LogP contribution in [0.3, 0.4) is 0 Å². The van der Waals surface area contributed by atoms with Crippen molar-refractivity contribution in [2.24, 2.45) is 0 Å². The molecular formula is C18H18N2O. The molecule has 1 aromatic rings. The van der Waals surface area contributed by atoms with E-state index in [0.717, 1.165) is 34.5 Å². The van der Waals surface area contributed by atoms with Crippen LogP contribution in [0, 0.1) is 6.92 Å². The van der Waals surface area contributed by atoms with Crippen molar-refractivity contribution in [2.75, 3.05) is 0 Å². The molecule has 0 aromatic carbocycles. The molecule has 3 heteroatoms. The summed E-state index contributed by atoms with van der Waals surface area (Å²) in [6.45, 7) is 4.60. The second-order valence-electron chi connectivity index (χ2n) is 5.28. The zero-order chi connectivity index (χ0) is 14.8. The molecule has 0 saturated heterocycles. The topological polar surface area (TPSA) is 42.0 Å². The summed E-state index contributed by atoms with van der Waals surface area (Å²) in [6, 6.07) is 1.98. The van der Waals surface area contributed by atoms with E-state index in [4.69, 9.17) is 0 Å². The Labute approximate surface area is 124 Å². The fourth-order valence-electron chi connectivity index (χ4n) is 2.70. The van der Waals surface area contributed by atoms with E-state index in [1.165, 1.54) is 5.57 Å². The third-order valence-electron chi connectivity index (χ3n) is 3.78. The minimum absolute atomic E-state index is 0.0259. The third-order valence-corrected chi connectivity index (χ3v) is 3.78. The molecule has 1 amide bonds. The first-order chi connectivity index (χ1) is 10.2. The number of carbonyl (C=O) groups is 1. The summed E-state index contributed by atoms with van der Waals surface area (Å²) in [5.41, 5.74) is 5.74. The summed E-state index contributed by atoms with van der Waals surface area (Å²) < 4.78 is 0. The van der Waals surface area contributed by atoms with Crippen molar-refractivity contribution >= 4 is 11.5 Å². The van der Waals surface area contributed by atoms with Gasteiger partial charge in [-0.1, -0.05) is 36.5 Å². The lowest BCUT2D eigenvalue weighted by Crippen LogP contribution is -2.14. The molecule has 0 saturated carbocycles. The largest absolute Gasteiger partial charge is 0.348 e. The number of aryl methyl sites for hydroxylation is 1. The maximum absolute atomic E-state index is 12.1. The number of amides is 1. The molecule has 3 rings (SSSR count). The van der Waals surface area contributed by atoms with Gasteiger partial charge in [-0.2, -0.15) is 0 Å². The number of nitrogens with zero attached hydrogens (tertiary/aromatic N) is 1. The normalized spacial score (nSPS) is 19.0. The van der Waals surface area contributed by atoms with E-state index in [0.29, 0.717) is 6.54 Å². The number of allylic oxidation sites excluding steroid dienone is 8. The highest BCUT2D eigenvalue weighted by Crippen LogP contribution is 2.27. The van der Waals surface area contributed by atoms with Gasteiger partial charge in [0.2, 0.25) is 0 Å². The lowest BCUT2D eigenvalue weighted by atomic mass is 9.98. The summed E-state index contributed by atoms with van der Waals surface area (Å²) in [5, 5.41) is 2.88. The number of pyridine rings is 1. The molecule has 0 unspecified atom stereocenters. The SMILES string of the molecule is C/C=C1/C=CC=C(c2nc(C)cc3c2C(=O)NC3)C=CC1. The summed E-state index contributed by atoms with van der Waals surface area (Å²) in [7, 11) is 0. The van der Waals surface area contributed by atoms with Gasteiger partial charge in [-0.3, -0.25) is 9.78 Å². The monoisotopic (exact) mass is 278 g/mol. The number of carbonyl (C=O) groups excluding carboxylic acids is 1. The van der Waals surface area contributed by atoms with Gasteiger partial charge in [0.1, 0.15) is 0 Å². The van der Waals surface area contributed by atoms with Crippen molar-refractivity contribution in [3.63, 3.8) is 0 Å². The Morgan fingerprint density at radius 3 is 3.00 bits per heavy atom. The maximum atomic E-state index is 12.1. The van der Waals surface area contributed by atoms with Crippen LogP contribution in [0.25, 0.3) is 5.57 Å². The van der Waals surface area contributed by atoms with Crippen molar-refractivity contribution in [1.82, 2.24) is 10.3 Å². The molecule has 2 aliphatic rings. The molecule has 0 atom stereocenters. The molecule has 1 aliphatic heterocycles. The van der Waals surface area contributed by atoms with Crippen LogP contribution < -0.4 is 5.32 Å². The van der Waals surface area contributed by atoms with Crippen molar-refractivity contribution < 1.29 is 4.79 Å². The number of fused-ring (bicyclic) bond motifs is 1. The second-order valence-corrected chi connectivity index (χ2v) is 5.28. The lowest BCUT2D eigenvalue weighted by Gasteiger charge is -2.09. The van der Waals surface area contributed by atoms with Crippen LogP contribution in [0.1, 0.15) is 40.7 Å². The predicted octanol–water partition coefficient (Wildman–Crippen LogP) is 3.48. The van der Waals surface area contributed by atoms with Crippen molar-refractivity contribution in [3.05, 3.63) is 70.6 Å². The fraction of sp³-hybridized carbons (Fsp3) is 0.222. The van der Waals surface area contributed by atoms with Gasteiger partial charge in [0.25, 0.3) is 5.91 Å². The summed E-state index contributed by atoms with van der Waals surface area (Å²) in [6.07, 6.45) is 13.3. The molecule has 1 aromatic heterocycles. The average Bonchev–Trinajstić information content (AvgIpc) is 2.79. The minimum atomic E-state index is -0.0259. The highest BCUT2D eigenvalue weighted by molar-refractivity contribution is 6.03. The van der Waals surface area contributed by atoms with E-state index in [1.807, 2.05) is 32.1 Å². The zero-order valence-corrected chi connectivity index (χ0v) is 12.3.